The maximum Gasteiger partial charge on any atom is 0.419 e. The summed E-state index contributed by atoms with van der Waals surface area (Å²) in [4.78, 5) is 42.0. The fraction of sp³-hybridized carbons (Fsp3) is 0.423. The van der Waals surface area contributed by atoms with E-state index < -0.39 is 29.1 Å². The lowest BCUT2D eigenvalue weighted by molar-refractivity contribution is -0.0327. The molecule has 3 saturated carbocycles. The topological polar surface area (TPSA) is 124 Å². The highest BCUT2D eigenvalue weighted by Crippen LogP contribution is 2.53. The van der Waals surface area contributed by atoms with Crippen molar-refractivity contribution in [1.29, 1.82) is 0 Å². The predicted molar refractivity (Wildman–Crippen MR) is 132 cm³/mol. The van der Waals surface area contributed by atoms with Gasteiger partial charge in [-0.05, 0) is 61.6 Å². The van der Waals surface area contributed by atoms with Gasteiger partial charge in [-0.3, -0.25) is 14.2 Å². The van der Waals surface area contributed by atoms with Gasteiger partial charge in [0.25, 0.3) is 11.8 Å². The third kappa shape index (κ3) is 4.13. The van der Waals surface area contributed by atoms with E-state index in [0.717, 1.165) is 10.7 Å². The zero-order valence-corrected chi connectivity index (χ0v) is 20.7. The molecule has 10 nitrogen and oxygen atoms in total. The molecular weight excluding hydrogens is 498 g/mol. The Balaban J connectivity index is 1.21. The van der Waals surface area contributed by atoms with Crippen LogP contribution in [0.2, 0.25) is 0 Å². The molecule has 2 bridgehead atoms. The molecule has 0 unspecified atom stereocenters. The van der Waals surface area contributed by atoms with Gasteiger partial charge in [0.05, 0.1) is 11.7 Å². The van der Waals surface area contributed by atoms with Crippen molar-refractivity contribution in [2.45, 2.75) is 50.7 Å². The van der Waals surface area contributed by atoms with E-state index in [1.54, 1.807) is 25.2 Å². The summed E-state index contributed by atoms with van der Waals surface area (Å²) in [5.74, 6) is -2.38. The monoisotopic (exact) mass is 524 g/mol. The molecule has 3 fully saturated rings. The Bertz CT molecular complexity index is 1630. The SMILES string of the molecule is Cn1c(=O)oc2ccc(CNC(=O)c3cc(C(=O)NCC45CCC(F)(CC4)CC5)n4ncc(F)c4n3)cc21. The average molecular weight is 525 g/mol. The summed E-state index contributed by atoms with van der Waals surface area (Å²) in [6.07, 6.45) is 4.56. The molecule has 3 aliphatic carbocycles. The van der Waals surface area contributed by atoms with E-state index in [2.05, 4.69) is 20.7 Å². The van der Waals surface area contributed by atoms with E-state index in [9.17, 15) is 23.2 Å². The van der Waals surface area contributed by atoms with E-state index in [1.807, 2.05) is 0 Å². The van der Waals surface area contributed by atoms with Crippen LogP contribution in [0.3, 0.4) is 0 Å². The van der Waals surface area contributed by atoms with Crippen molar-refractivity contribution < 1.29 is 22.8 Å². The molecule has 0 spiro atoms. The van der Waals surface area contributed by atoms with Crippen LogP contribution in [0.5, 0.6) is 0 Å². The number of halogens is 2. The molecule has 4 aromatic rings. The van der Waals surface area contributed by atoms with Gasteiger partial charge < -0.3 is 15.1 Å². The fourth-order valence-electron chi connectivity index (χ4n) is 5.61. The molecule has 3 heterocycles. The average Bonchev–Trinajstić information content (AvgIpc) is 3.44. The maximum absolute atomic E-state index is 14.5. The molecule has 0 radical (unpaired) electrons. The molecule has 3 aromatic heterocycles. The number of hydrogen-bond acceptors (Lipinski definition) is 6. The number of rotatable bonds is 6. The lowest BCUT2D eigenvalue weighted by Gasteiger charge is -2.49. The first-order valence-electron chi connectivity index (χ1n) is 12.5. The number of hydrogen-bond donors (Lipinski definition) is 2. The predicted octanol–water partition coefficient (Wildman–Crippen LogP) is 3.04. The number of fused-ring (bicyclic) bond motifs is 5. The molecule has 0 aliphatic heterocycles. The van der Waals surface area contributed by atoms with E-state index in [-0.39, 0.29) is 29.0 Å². The number of alkyl halides is 1. The van der Waals surface area contributed by atoms with Crippen molar-refractivity contribution >= 4 is 28.6 Å². The van der Waals surface area contributed by atoms with Crippen LogP contribution in [-0.4, -0.2) is 43.2 Å². The second kappa shape index (κ2) is 8.74. The number of amides is 2. The maximum atomic E-state index is 14.5. The van der Waals surface area contributed by atoms with Crippen LogP contribution in [-0.2, 0) is 13.6 Å². The summed E-state index contributed by atoms with van der Waals surface area (Å²) in [5.41, 5.74) is 0.0764. The van der Waals surface area contributed by atoms with Crippen LogP contribution in [0.25, 0.3) is 16.7 Å². The van der Waals surface area contributed by atoms with Gasteiger partial charge in [0, 0.05) is 26.2 Å². The number of aromatic nitrogens is 4. The number of carbonyl (C=O) groups is 2. The van der Waals surface area contributed by atoms with Crippen LogP contribution in [0.4, 0.5) is 8.78 Å². The van der Waals surface area contributed by atoms with Crippen molar-refractivity contribution in [3.05, 3.63) is 63.8 Å². The van der Waals surface area contributed by atoms with Crippen LogP contribution < -0.4 is 16.4 Å². The summed E-state index contributed by atoms with van der Waals surface area (Å²) in [7, 11) is 1.58. The van der Waals surface area contributed by atoms with Gasteiger partial charge in [0.15, 0.2) is 17.0 Å². The van der Waals surface area contributed by atoms with Crippen LogP contribution in [0.15, 0.2) is 39.7 Å². The molecule has 198 valence electrons. The molecule has 0 saturated heterocycles. The van der Waals surface area contributed by atoms with Gasteiger partial charge in [0.2, 0.25) is 0 Å². The largest absolute Gasteiger partial charge is 0.419 e. The third-order valence-electron chi connectivity index (χ3n) is 8.14. The molecule has 1 aromatic carbocycles. The second-order valence-corrected chi connectivity index (χ2v) is 10.5. The Labute approximate surface area is 215 Å². The number of aryl methyl sites for hydroxylation is 1. The van der Waals surface area contributed by atoms with E-state index in [1.165, 1.54) is 10.6 Å². The minimum atomic E-state index is -1.07. The fourth-order valence-corrected chi connectivity index (χ4v) is 5.61. The van der Waals surface area contributed by atoms with Gasteiger partial charge in [-0.1, -0.05) is 6.07 Å². The van der Waals surface area contributed by atoms with Gasteiger partial charge in [-0.25, -0.2) is 23.1 Å². The van der Waals surface area contributed by atoms with E-state index in [0.29, 0.717) is 61.7 Å². The normalized spacial score (nSPS) is 22.7. The smallest absolute Gasteiger partial charge is 0.408 e. The van der Waals surface area contributed by atoms with Gasteiger partial charge in [-0.2, -0.15) is 5.10 Å². The lowest BCUT2D eigenvalue weighted by atomic mass is 9.59. The van der Waals surface area contributed by atoms with Crippen molar-refractivity contribution in [2.75, 3.05) is 6.54 Å². The van der Waals surface area contributed by atoms with Crippen molar-refractivity contribution in [3.63, 3.8) is 0 Å². The molecule has 12 heteroatoms. The Morgan fingerprint density at radius 3 is 2.55 bits per heavy atom. The molecule has 3 aliphatic rings. The van der Waals surface area contributed by atoms with E-state index in [4.69, 9.17) is 4.42 Å². The highest BCUT2D eigenvalue weighted by atomic mass is 19.1. The summed E-state index contributed by atoms with van der Waals surface area (Å²) in [6, 6.07) is 6.34. The van der Waals surface area contributed by atoms with Crippen molar-refractivity contribution in [2.24, 2.45) is 12.5 Å². The number of carbonyl (C=O) groups excluding carboxylic acids is 2. The first kappa shape index (κ1) is 24.3. The molecule has 2 amide bonds. The highest BCUT2D eigenvalue weighted by Gasteiger charge is 2.49. The molecule has 2 N–H and O–H groups in total. The number of nitrogens with one attached hydrogen (secondary N) is 2. The zero-order valence-electron chi connectivity index (χ0n) is 20.7. The zero-order chi connectivity index (χ0) is 26.7. The molecule has 38 heavy (non-hydrogen) atoms. The van der Waals surface area contributed by atoms with Gasteiger partial charge in [0.1, 0.15) is 17.1 Å². The Morgan fingerprint density at radius 1 is 1.08 bits per heavy atom. The van der Waals surface area contributed by atoms with Crippen LogP contribution in [0.1, 0.15) is 65.1 Å². The van der Waals surface area contributed by atoms with Crippen molar-refractivity contribution in [1.82, 2.24) is 29.8 Å². The first-order valence-corrected chi connectivity index (χ1v) is 12.5. The van der Waals surface area contributed by atoms with E-state index >= 15 is 0 Å². The van der Waals surface area contributed by atoms with Crippen LogP contribution >= 0.6 is 0 Å². The molecule has 0 atom stereocenters. The van der Waals surface area contributed by atoms with Gasteiger partial charge in [-0.15, -0.1) is 0 Å². The molecular formula is C26H26F2N6O4. The van der Waals surface area contributed by atoms with Crippen molar-refractivity contribution in [3.8, 4) is 0 Å². The van der Waals surface area contributed by atoms with Gasteiger partial charge >= 0.3 is 5.76 Å². The molecule has 7 rings (SSSR count). The summed E-state index contributed by atoms with van der Waals surface area (Å²) >= 11 is 0. The minimum absolute atomic E-state index is 0.0262. The summed E-state index contributed by atoms with van der Waals surface area (Å²) in [5, 5.41) is 9.55. The Morgan fingerprint density at radius 2 is 1.82 bits per heavy atom. The Kier molecular flexibility index (Phi) is 5.58. The first-order chi connectivity index (χ1) is 18.2. The number of oxazole rings is 1. The van der Waals surface area contributed by atoms with Crippen LogP contribution in [0, 0.1) is 11.2 Å². The Hall–Kier alpha value is -4.09. The summed E-state index contributed by atoms with van der Waals surface area (Å²) in [6.45, 7) is 0.471. The number of nitrogens with zero attached hydrogens (tertiary/aromatic N) is 4. The quantitative estimate of drug-likeness (QED) is 0.400. The third-order valence-corrected chi connectivity index (χ3v) is 8.14. The second-order valence-electron chi connectivity index (χ2n) is 10.5. The standard InChI is InChI=1S/C26H26F2N6O4/c1-33-18-10-15(2-3-20(18)38-24(33)37)12-29-22(35)17-11-19(34-21(32-17)16(27)13-31-34)23(36)30-14-25-4-7-26(28,8-5-25)9-6-25/h2-3,10-11,13H,4-9,12,14H2,1H3,(H,29,35)(H,30,36). The number of benzene rings is 1. The summed E-state index contributed by atoms with van der Waals surface area (Å²) < 4.78 is 36.5. The minimum Gasteiger partial charge on any atom is -0.408 e. The highest BCUT2D eigenvalue weighted by molar-refractivity contribution is 5.98. The lowest BCUT2D eigenvalue weighted by Crippen LogP contribution is -2.48.